The van der Waals surface area contributed by atoms with Gasteiger partial charge in [0.05, 0.1) is 11.2 Å². The predicted molar refractivity (Wildman–Crippen MR) is 105 cm³/mol. The minimum absolute atomic E-state index is 0.521. The number of nitrogens with zero attached hydrogens (tertiary/aromatic N) is 4. The van der Waals surface area contributed by atoms with Gasteiger partial charge in [-0.3, -0.25) is 5.43 Å². The van der Waals surface area contributed by atoms with Crippen molar-refractivity contribution in [3.05, 3.63) is 70.5 Å². The Bertz CT molecular complexity index is 1090. The highest BCUT2D eigenvalue weighted by Crippen LogP contribution is 2.27. The maximum Gasteiger partial charge on any atom is 0.176 e. The van der Waals surface area contributed by atoms with Crippen LogP contribution in [-0.2, 0) is 0 Å². The minimum Gasteiger partial charge on any atom is -0.343 e. The van der Waals surface area contributed by atoms with E-state index in [1.165, 1.54) is 0 Å². The highest BCUT2D eigenvalue weighted by atomic mass is 35.5. The zero-order chi connectivity index (χ0) is 17.9. The van der Waals surface area contributed by atoms with E-state index < -0.39 is 0 Å². The lowest BCUT2D eigenvalue weighted by atomic mass is 10.1. The van der Waals surface area contributed by atoms with Crippen molar-refractivity contribution < 1.29 is 0 Å². The van der Waals surface area contributed by atoms with Crippen LogP contribution in [0.25, 0.3) is 22.3 Å². The molecule has 6 nitrogen and oxygen atoms in total. The standard InChI is InChI=1S/C18H12Cl2N6/c19-12-6-5-11(15(20)9-12)10-23-25-17-14-4-2-1-3-13(14)16(24-26-17)18-21-7-8-22-18/h1-10H,(H,21,22)(H,25,26)/b23-10+. The van der Waals surface area contributed by atoms with E-state index in [0.29, 0.717) is 27.4 Å². The smallest absolute Gasteiger partial charge is 0.176 e. The van der Waals surface area contributed by atoms with Crippen LogP contribution in [0.3, 0.4) is 0 Å². The SMILES string of the molecule is Clc1ccc(/C=N/Nc2nnc(-c3ncc[nH]3)c3ccccc23)c(Cl)c1. The number of halogens is 2. The Morgan fingerprint density at radius 1 is 1.04 bits per heavy atom. The summed E-state index contributed by atoms with van der Waals surface area (Å²) in [7, 11) is 0. The van der Waals surface area contributed by atoms with Gasteiger partial charge in [-0.15, -0.1) is 10.2 Å². The number of imidazole rings is 1. The molecule has 26 heavy (non-hydrogen) atoms. The van der Waals surface area contributed by atoms with Crippen LogP contribution >= 0.6 is 23.2 Å². The number of nitrogens with one attached hydrogen (secondary N) is 2. The molecule has 4 aromatic rings. The van der Waals surface area contributed by atoms with Gasteiger partial charge in [-0.2, -0.15) is 5.10 Å². The van der Waals surface area contributed by atoms with Gasteiger partial charge in [-0.25, -0.2) is 4.98 Å². The van der Waals surface area contributed by atoms with Gasteiger partial charge in [0.25, 0.3) is 0 Å². The van der Waals surface area contributed by atoms with Gasteiger partial charge < -0.3 is 4.98 Å². The van der Waals surface area contributed by atoms with Crippen LogP contribution in [-0.4, -0.2) is 26.4 Å². The largest absolute Gasteiger partial charge is 0.343 e. The van der Waals surface area contributed by atoms with Crippen molar-refractivity contribution in [3.63, 3.8) is 0 Å². The van der Waals surface area contributed by atoms with E-state index in [-0.39, 0.29) is 0 Å². The molecular weight excluding hydrogens is 371 g/mol. The molecule has 2 N–H and O–H groups in total. The molecule has 128 valence electrons. The first-order chi connectivity index (χ1) is 12.7. The van der Waals surface area contributed by atoms with Crippen LogP contribution in [0.4, 0.5) is 5.82 Å². The summed E-state index contributed by atoms with van der Waals surface area (Å²) in [4.78, 5) is 7.30. The second kappa shape index (κ2) is 7.11. The summed E-state index contributed by atoms with van der Waals surface area (Å²) in [5.41, 5.74) is 4.35. The zero-order valence-corrected chi connectivity index (χ0v) is 14.8. The topological polar surface area (TPSA) is 78.8 Å². The number of benzene rings is 2. The molecule has 2 aromatic heterocycles. The molecule has 0 aliphatic carbocycles. The molecule has 0 aliphatic heterocycles. The number of rotatable bonds is 4. The average molecular weight is 383 g/mol. The molecule has 0 bridgehead atoms. The fourth-order valence-corrected chi connectivity index (χ4v) is 2.98. The second-order valence-corrected chi connectivity index (χ2v) is 6.26. The summed E-state index contributed by atoms with van der Waals surface area (Å²) >= 11 is 12.0. The van der Waals surface area contributed by atoms with E-state index in [1.54, 1.807) is 36.8 Å². The summed E-state index contributed by atoms with van der Waals surface area (Å²) in [6.45, 7) is 0. The fourth-order valence-electron chi connectivity index (χ4n) is 2.53. The number of hydrazone groups is 1. The zero-order valence-electron chi connectivity index (χ0n) is 13.3. The fraction of sp³-hybridized carbons (Fsp3) is 0. The Morgan fingerprint density at radius 2 is 1.88 bits per heavy atom. The lowest BCUT2D eigenvalue weighted by Gasteiger charge is -2.07. The first-order valence-corrected chi connectivity index (χ1v) is 8.47. The third-order valence-electron chi connectivity index (χ3n) is 3.75. The molecule has 8 heteroatoms. The number of aromatic nitrogens is 4. The van der Waals surface area contributed by atoms with E-state index in [0.717, 1.165) is 16.3 Å². The Hall–Kier alpha value is -2.96. The molecule has 0 fully saturated rings. The number of hydrogen-bond acceptors (Lipinski definition) is 5. The number of fused-ring (bicyclic) bond motifs is 1. The Balaban J connectivity index is 1.67. The normalized spacial score (nSPS) is 11.3. The number of aromatic amines is 1. The second-order valence-electron chi connectivity index (χ2n) is 5.42. The summed E-state index contributed by atoms with van der Waals surface area (Å²) in [5, 5.41) is 15.6. The van der Waals surface area contributed by atoms with Gasteiger partial charge in [0, 0.05) is 33.8 Å². The summed E-state index contributed by atoms with van der Waals surface area (Å²) in [5.74, 6) is 1.20. The Labute approximate surface area is 158 Å². The van der Waals surface area contributed by atoms with E-state index in [4.69, 9.17) is 23.2 Å². The predicted octanol–water partition coefficient (Wildman–Crippen LogP) is 4.77. The summed E-state index contributed by atoms with van der Waals surface area (Å²) < 4.78 is 0. The van der Waals surface area contributed by atoms with Gasteiger partial charge in [0.2, 0.25) is 0 Å². The third kappa shape index (κ3) is 3.24. The van der Waals surface area contributed by atoms with Crippen molar-refractivity contribution in [2.45, 2.75) is 0 Å². The lowest BCUT2D eigenvalue weighted by molar-refractivity contribution is 1.03. The molecule has 0 radical (unpaired) electrons. The molecule has 0 atom stereocenters. The summed E-state index contributed by atoms with van der Waals surface area (Å²) in [6, 6.07) is 13.0. The molecule has 4 rings (SSSR count). The van der Waals surface area contributed by atoms with Gasteiger partial charge in [0.15, 0.2) is 11.6 Å². The molecule has 2 aromatic carbocycles. The molecule has 0 saturated heterocycles. The van der Waals surface area contributed by atoms with Crippen LogP contribution < -0.4 is 5.43 Å². The lowest BCUT2D eigenvalue weighted by Crippen LogP contribution is -1.99. The van der Waals surface area contributed by atoms with Crippen molar-refractivity contribution in [2.75, 3.05) is 5.43 Å². The van der Waals surface area contributed by atoms with Crippen molar-refractivity contribution in [1.29, 1.82) is 0 Å². The third-order valence-corrected chi connectivity index (χ3v) is 4.31. The Morgan fingerprint density at radius 3 is 2.65 bits per heavy atom. The molecule has 0 spiro atoms. The van der Waals surface area contributed by atoms with Crippen LogP contribution in [0, 0.1) is 0 Å². The maximum atomic E-state index is 6.14. The van der Waals surface area contributed by atoms with E-state index >= 15 is 0 Å². The molecule has 2 heterocycles. The van der Waals surface area contributed by atoms with E-state index in [2.05, 4.69) is 30.7 Å². The van der Waals surface area contributed by atoms with E-state index in [1.807, 2.05) is 24.3 Å². The molecule has 0 amide bonds. The maximum absolute atomic E-state index is 6.14. The van der Waals surface area contributed by atoms with Crippen LogP contribution in [0.2, 0.25) is 10.0 Å². The van der Waals surface area contributed by atoms with Crippen molar-refractivity contribution in [2.24, 2.45) is 5.10 Å². The van der Waals surface area contributed by atoms with Gasteiger partial charge in [-0.05, 0) is 12.1 Å². The minimum atomic E-state index is 0.521. The molecular formula is C18H12Cl2N6. The average Bonchev–Trinajstić information content (AvgIpc) is 3.18. The number of anilines is 1. The van der Waals surface area contributed by atoms with Crippen molar-refractivity contribution >= 4 is 46.0 Å². The molecule has 0 unspecified atom stereocenters. The van der Waals surface area contributed by atoms with Crippen molar-refractivity contribution in [1.82, 2.24) is 20.2 Å². The molecule has 0 saturated carbocycles. The number of H-pyrrole nitrogens is 1. The summed E-state index contributed by atoms with van der Waals surface area (Å²) in [6.07, 6.45) is 5.03. The van der Waals surface area contributed by atoms with Crippen LogP contribution in [0.1, 0.15) is 5.56 Å². The monoisotopic (exact) mass is 382 g/mol. The first kappa shape index (κ1) is 16.5. The van der Waals surface area contributed by atoms with Gasteiger partial charge in [0.1, 0.15) is 5.69 Å². The van der Waals surface area contributed by atoms with Crippen molar-refractivity contribution in [3.8, 4) is 11.5 Å². The quantitative estimate of drug-likeness (QED) is 0.393. The van der Waals surface area contributed by atoms with Gasteiger partial charge in [-0.1, -0.05) is 53.5 Å². The molecule has 0 aliphatic rings. The Kier molecular flexibility index (Phi) is 4.51. The first-order valence-electron chi connectivity index (χ1n) is 7.71. The van der Waals surface area contributed by atoms with Crippen LogP contribution in [0.15, 0.2) is 60.0 Å². The van der Waals surface area contributed by atoms with E-state index in [9.17, 15) is 0 Å². The number of hydrogen-bond donors (Lipinski definition) is 2. The van der Waals surface area contributed by atoms with Gasteiger partial charge >= 0.3 is 0 Å². The highest BCUT2D eigenvalue weighted by Gasteiger charge is 2.11. The highest BCUT2D eigenvalue weighted by molar-refractivity contribution is 6.36. The van der Waals surface area contributed by atoms with Crippen LogP contribution in [0.5, 0.6) is 0 Å².